The maximum atomic E-state index is 12.5. The number of rotatable bonds is 7. The lowest BCUT2D eigenvalue weighted by atomic mass is 10.0. The molecule has 0 aliphatic carbocycles. The molecule has 2 aromatic carbocycles. The minimum Gasteiger partial charge on any atom is -0.494 e. The minimum atomic E-state index is -0.280. The molecule has 0 unspecified atom stereocenters. The predicted molar refractivity (Wildman–Crippen MR) is 94.7 cm³/mol. The van der Waals surface area contributed by atoms with Crippen LogP contribution in [0, 0.1) is 6.92 Å². The number of carbonyl (C=O) groups is 1. The number of hydrogen-bond acceptors (Lipinski definition) is 5. The Balaban J connectivity index is 1.84. The summed E-state index contributed by atoms with van der Waals surface area (Å²) in [6.45, 7) is 4.49. The molecule has 0 aliphatic rings. The standard InChI is InChI=1S/C20H20N2O3/c1-3-4-11-24-18-10-6-8-16(13-18)15-7-5-9-17(12-15)19(23)20-22-21-14(2)25-20/h5-10,12-13H,3-4,11H2,1-2H3. The molecule has 0 aliphatic heterocycles. The molecular formula is C20H20N2O3. The van der Waals surface area contributed by atoms with Gasteiger partial charge < -0.3 is 9.15 Å². The third-order valence-corrected chi connectivity index (χ3v) is 3.78. The van der Waals surface area contributed by atoms with Crippen molar-refractivity contribution in [1.29, 1.82) is 0 Å². The molecule has 5 heteroatoms. The summed E-state index contributed by atoms with van der Waals surface area (Å²) in [5, 5.41) is 7.50. The summed E-state index contributed by atoms with van der Waals surface area (Å²) in [6.07, 6.45) is 2.12. The maximum absolute atomic E-state index is 12.5. The third-order valence-electron chi connectivity index (χ3n) is 3.78. The van der Waals surface area contributed by atoms with E-state index in [0.717, 1.165) is 29.7 Å². The van der Waals surface area contributed by atoms with E-state index in [0.29, 0.717) is 18.1 Å². The molecule has 25 heavy (non-hydrogen) atoms. The molecule has 0 radical (unpaired) electrons. The van der Waals surface area contributed by atoms with Crippen LogP contribution in [0.15, 0.2) is 52.9 Å². The Morgan fingerprint density at radius 1 is 1.08 bits per heavy atom. The summed E-state index contributed by atoms with van der Waals surface area (Å²) in [5.74, 6) is 0.927. The van der Waals surface area contributed by atoms with Gasteiger partial charge in [0.15, 0.2) is 0 Å². The molecule has 0 bridgehead atoms. The van der Waals surface area contributed by atoms with Gasteiger partial charge in [-0.3, -0.25) is 4.79 Å². The number of nitrogens with zero attached hydrogens (tertiary/aromatic N) is 2. The van der Waals surface area contributed by atoms with Gasteiger partial charge in [-0.1, -0.05) is 43.7 Å². The van der Waals surface area contributed by atoms with Crippen molar-refractivity contribution in [1.82, 2.24) is 10.2 Å². The lowest BCUT2D eigenvalue weighted by molar-refractivity contribution is 0.100. The molecule has 3 rings (SSSR count). The van der Waals surface area contributed by atoms with Crippen molar-refractivity contribution in [2.75, 3.05) is 6.61 Å². The summed E-state index contributed by atoms with van der Waals surface area (Å²) in [6, 6.07) is 15.2. The molecule has 1 heterocycles. The maximum Gasteiger partial charge on any atom is 0.289 e. The SMILES string of the molecule is CCCCOc1cccc(-c2cccc(C(=O)c3nnc(C)o3)c2)c1. The van der Waals surface area contributed by atoms with Crippen LogP contribution in [-0.2, 0) is 0 Å². The first-order chi connectivity index (χ1) is 12.2. The Morgan fingerprint density at radius 3 is 2.56 bits per heavy atom. The second kappa shape index (κ2) is 7.75. The van der Waals surface area contributed by atoms with Crippen LogP contribution >= 0.6 is 0 Å². The molecule has 0 N–H and O–H groups in total. The van der Waals surface area contributed by atoms with Crippen LogP contribution in [0.5, 0.6) is 5.75 Å². The van der Waals surface area contributed by atoms with Crippen LogP contribution in [0.3, 0.4) is 0 Å². The average molecular weight is 336 g/mol. The molecule has 0 atom stereocenters. The predicted octanol–water partition coefficient (Wildman–Crippen LogP) is 4.45. The van der Waals surface area contributed by atoms with E-state index in [1.165, 1.54) is 0 Å². The monoisotopic (exact) mass is 336 g/mol. The molecule has 1 aromatic heterocycles. The molecule has 0 fully saturated rings. The highest BCUT2D eigenvalue weighted by atomic mass is 16.5. The molecule has 5 nitrogen and oxygen atoms in total. The van der Waals surface area contributed by atoms with Crippen LogP contribution in [0.4, 0.5) is 0 Å². The largest absolute Gasteiger partial charge is 0.494 e. The van der Waals surface area contributed by atoms with Gasteiger partial charge >= 0.3 is 0 Å². The second-order valence-corrected chi connectivity index (χ2v) is 5.77. The fourth-order valence-electron chi connectivity index (χ4n) is 2.45. The quantitative estimate of drug-likeness (QED) is 0.471. The van der Waals surface area contributed by atoms with Gasteiger partial charge in [0, 0.05) is 12.5 Å². The fourth-order valence-corrected chi connectivity index (χ4v) is 2.45. The molecule has 0 saturated heterocycles. The summed E-state index contributed by atoms with van der Waals surface area (Å²) in [4.78, 5) is 12.5. The van der Waals surface area contributed by atoms with Crippen LogP contribution in [-0.4, -0.2) is 22.6 Å². The first-order valence-corrected chi connectivity index (χ1v) is 8.35. The Hall–Kier alpha value is -2.95. The van der Waals surface area contributed by atoms with Crippen LogP contribution in [0.25, 0.3) is 11.1 Å². The summed E-state index contributed by atoms with van der Waals surface area (Å²) in [7, 11) is 0. The zero-order valence-corrected chi connectivity index (χ0v) is 14.4. The van der Waals surface area contributed by atoms with E-state index < -0.39 is 0 Å². The van der Waals surface area contributed by atoms with Gasteiger partial charge in [-0.05, 0) is 35.7 Å². The van der Waals surface area contributed by atoms with E-state index in [-0.39, 0.29) is 11.7 Å². The lowest BCUT2D eigenvalue weighted by Crippen LogP contribution is -2.02. The number of carbonyl (C=O) groups excluding carboxylic acids is 1. The van der Waals surface area contributed by atoms with Crippen molar-refractivity contribution in [3.05, 3.63) is 65.9 Å². The third kappa shape index (κ3) is 4.12. The van der Waals surface area contributed by atoms with Gasteiger partial charge in [0.25, 0.3) is 5.89 Å². The van der Waals surface area contributed by atoms with Gasteiger partial charge in [-0.15, -0.1) is 10.2 Å². The smallest absolute Gasteiger partial charge is 0.289 e. The van der Waals surface area contributed by atoms with E-state index >= 15 is 0 Å². The first kappa shape index (κ1) is 16.9. The number of ketones is 1. The Morgan fingerprint density at radius 2 is 1.84 bits per heavy atom. The fraction of sp³-hybridized carbons (Fsp3) is 0.250. The molecular weight excluding hydrogens is 316 g/mol. The number of ether oxygens (including phenoxy) is 1. The van der Waals surface area contributed by atoms with Crippen molar-refractivity contribution in [2.24, 2.45) is 0 Å². The number of aryl methyl sites for hydroxylation is 1. The first-order valence-electron chi connectivity index (χ1n) is 8.35. The van der Waals surface area contributed by atoms with Gasteiger partial charge in [0.1, 0.15) is 5.75 Å². The highest BCUT2D eigenvalue weighted by molar-refractivity contribution is 6.06. The topological polar surface area (TPSA) is 65.2 Å². The van der Waals surface area contributed by atoms with Crippen molar-refractivity contribution >= 4 is 5.78 Å². The normalized spacial score (nSPS) is 10.6. The molecule has 3 aromatic rings. The van der Waals surface area contributed by atoms with E-state index in [1.807, 2.05) is 42.5 Å². The van der Waals surface area contributed by atoms with Crippen molar-refractivity contribution in [3.63, 3.8) is 0 Å². The highest BCUT2D eigenvalue weighted by Crippen LogP contribution is 2.25. The Labute approximate surface area is 146 Å². The highest BCUT2D eigenvalue weighted by Gasteiger charge is 2.16. The van der Waals surface area contributed by atoms with Gasteiger partial charge in [-0.2, -0.15) is 0 Å². The summed E-state index contributed by atoms with van der Waals surface area (Å²) >= 11 is 0. The number of unbranched alkanes of at least 4 members (excludes halogenated alkanes) is 1. The van der Waals surface area contributed by atoms with Gasteiger partial charge in [0.05, 0.1) is 6.61 Å². The van der Waals surface area contributed by atoms with Crippen molar-refractivity contribution in [3.8, 4) is 16.9 Å². The zero-order valence-electron chi connectivity index (χ0n) is 14.4. The van der Waals surface area contributed by atoms with Crippen LogP contribution in [0.1, 0.15) is 41.9 Å². The van der Waals surface area contributed by atoms with Crippen LogP contribution in [0.2, 0.25) is 0 Å². The Kier molecular flexibility index (Phi) is 5.23. The van der Waals surface area contributed by atoms with Crippen molar-refractivity contribution in [2.45, 2.75) is 26.7 Å². The van der Waals surface area contributed by atoms with Gasteiger partial charge in [-0.25, -0.2) is 0 Å². The molecule has 128 valence electrons. The molecule has 0 spiro atoms. The number of aromatic nitrogens is 2. The Bertz CT molecular complexity index is 871. The number of hydrogen-bond donors (Lipinski definition) is 0. The second-order valence-electron chi connectivity index (χ2n) is 5.77. The minimum absolute atomic E-state index is 0.00583. The molecule has 0 amide bonds. The van der Waals surface area contributed by atoms with Gasteiger partial charge in [0.2, 0.25) is 11.7 Å². The lowest BCUT2D eigenvalue weighted by Gasteiger charge is -2.08. The zero-order chi connectivity index (χ0) is 17.6. The molecule has 0 saturated carbocycles. The van der Waals surface area contributed by atoms with E-state index in [4.69, 9.17) is 9.15 Å². The average Bonchev–Trinajstić information content (AvgIpc) is 3.08. The number of benzene rings is 2. The van der Waals surface area contributed by atoms with Crippen molar-refractivity contribution < 1.29 is 13.9 Å². The summed E-state index contributed by atoms with van der Waals surface area (Å²) < 4.78 is 11.0. The van der Waals surface area contributed by atoms with E-state index in [9.17, 15) is 4.79 Å². The van der Waals surface area contributed by atoms with E-state index in [1.54, 1.807) is 13.0 Å². The summed E-state index contributed by atoms with van der Waals surface area (Å²) in [5.41, 5.74) is 2.44. The van der Waals surface area contributed by atoms with E-state index in [2.05, 4.69) is 17.1 Å². The van der Waals surface area contributed by atoms with Crippen LogP contribution < -0.4 is 4.74 Å².